The zero-order valence-electron chi connectivity index (χ0n) is 16.4. The summed E-state index contributed by atoms with van der Waals surface area (Å²) in [4.78, 5) is 26.7. The van der Waals surface area contributed by atoms with Gasteiger partial charge >= 0.3 is 0 Å². The summed E-state index contributed by atoms with van der Waals surface area (Å²) in [5.41, 5.74) is 2.73. The summed E-state index contributed by atoms with van der Waals surface area (Å²) < 4.78 is 0. The van der Waals surface area contributed by atoms with E-state index in [2.05, 4.69) is 10.6 Å². The van der Waals surface area contributed by atoms with Gasteiger partial charge in [0.25, 0.3) is 5.91 Å². The molecule has 3 rings (SSSR count). The van der Waals surface area contributed by atoms with Gasteiger partial charge in [-0.3, -0.25) is 9.59 Å². The summed E-state index contributed by atoms with van der Waals surface area (Å²) in [5, 5.41) is 6.58. The van der Waals surface area contributed by atoms with Gasteiger partial charge in [-0.25, -0.2) is 0 Å². The van der Waals surface area contributed by atoms with Crippen LogP contribution in [0.3, 0.4) is 0 Å². The summed E-state index contributed by atoms with van der Waals surface area (Å²) in [7, 11) is 0. The van der Waals surface area contributed by atoms with E-state index in [4.69, 9.17) is 23.2 Å². The molecule has 0 aliphatic rings. The van der Waals surface area contributed by atoms with Crippen LogP contribution in [0.1, 0.15) is 17.3 Å². The van der Waals surface area contributed by atoms with E-state index >= 15 is 0 Å². The Kier molecular flexibility index (Phi) is 7.33. The maximum Gasteiger partial charge on any atom is 0.258 e. The lowest BCUT2D eigenvalue weighted by Crippen LogP contribution is -2.30. The summed E-state index contributed by atoms with van der Waals surface area (Å²) >= 11 is 11.8. The van der Waals surface area contributed by atoms with Crippen molar-refractivity contribution in [1.29, 1.82) is 0 Å². The molecule has 0 saturated carbocycles. The number of rotatable bonds is 7. The number of amides is 2. The van der Waals surface area contributed by atoms with Gasteiger partial charge in [-0.05, 0) is 61.5 Å². The fourth-order valence-electron chi connectivity index (χ4n) is 2.90. The predicted molar refractivity (Wildman–Crippen MR) is 124 cm³/mol. The molecule has 154 valence electrons. The molecule has 0 aromatic heterocycles. The summed E-state index contributed by atoms with van der Waals surface area (Å²) in [6.07, 6.45) is 0. The van der Waals surface area contributed by atoms with Crippen LogP contribution in [0.15, 0.2) is 72.8 Å². The van der Waals surface area contributed by atoms with Crippen molar-refractivity contribution in [3.05, 3.63) is 88.4 Å². The molecular weight excluding hydrogens is 421 g/mol. The van der Waals surface area contributed by atoms with Crippen molar-refractivity contribution in [1.82, 2.24) is 0 Å². The number of hydrogen-bond acceptors (Lipinski definition) is 3. The van der Waals surface area contributed by atoms with E-state index in [9.17, 15) is 9.59 Å². The number of carbonyl (C=O) groups excluding carboxylic acids is 2. The van der Waals surface area contributed by atoms with Crippen LogP contribution < -0.4 is 15.5 Å². The molecular formula is C23H21Cl2N3O2. The molecule has 7 heteroatoms. The van der Waals surface area contributed by atoms with Crippen molar-refractivity contribution < 1.29 is 9.59 Å². The number of anilines is 3. The molecule has 0 heterocycles. The van der Waals surface area contributed by atoms with Crippen molar-refractivity contribution in [2.24, 2.45) is 0 Å². The third-order valence-electron chi connectivity index (χ3n) is 4.42. The number of hydrogen-bond donors (Lipinski definition) is 2. The van der Waals surface area contributed by atoms with E-state index in [1.54, 1.807) is 47.4 Å². The Labute approximate surface area is 185 Å². The molecule has 2 N–H and O–H groups in total. The van der Waals surface area contributed by atoms with Gasteiger partial charge in [0.05, 0.1) is 16.6 Å². The Bertz CT molecular complexity index is 1020. The molecule has 3 aromatic carbocycles. The van der Waals surface area contributed by atoms with Gasteiger partial charge in [0.15, 0.2) is 0 Å². The maximum absolute atomic E-state index is 12.8. The SMILES string of the molecule is CCN(C(=O)c1ccc(NCC(=O)Nc2ccc(Cl)c(Cl)c2)cc1)c1ccccc1. The van der Waals surface area contributed by atoms with Gasteiger partial charge in [-0.2, -0.15) is 0 Å². The molecule has 3 aromatic rings. The maximum atomic E-state index is 12.8. The van der Waals surface area contributed by atoms with E-state index in [1.165, 1.54) is 0 Å². The molecule has 5 nitrogen and oxygen atoms in total. The topological polar surface area (TPSA) is 61.4 Å². The highest BCUT2D eigenvalue weighted by molar-refractivity contribution is 6.42. The molecule has 0 aliphatic heterocycles. The summed E-state index contributed by atoms with van der Waals surface area (Å²) in [6, 6.07) is 21.5. The number of carbonyl (C=O) groups is 2. The Hall–Kier alpha value is -3.02. The Morgan fingerprint density at radius 2 is 1.53 bits per heavy atom. The van der Waals surface area contributed by atoms with Crippen LogP contribution in [0.4, 0.5) is 17.1 Å². The summed E-state index contributed by atoms with van der Waals surface area (Å²) in [5.74, 6) is -0.303. The van der Waals surface area contributed by atoms with Crippen LogP contribution >= 0.6 is 23.2 Å². The lowest BCUT2D eigenvalue weighted by molar-refractivity contribution is -0.114. The first-order valence-corrected chi connectivity index (χ1v) is 10.2. The standard InChI is InChI=1S/C23H21Cl2N3O2/c1-2-28(19-6-4-3-5-7-19)23(30)16-8-10-17(11-9-16)26-15-22(29)27-18-12-13-20(24)21(25)14-18/h3-14,26H,2,15H2,1H3,(H,27,29). The fraction of sp³-hybridized carbons (Fsp3) is 0.130. The highest BCUT2D eigenvalue weighted by Crippen LogP contribution is 2.25. The first kappa shape index (κ1) is 21.7. The third-order valence-corrected chi connectivity index (χ3v) is 5.16. The smallest absolute Gasteiger partial charge is 0.258 e. The quantitative estimate of drug-likeness (QED) is 0.493. The number of nitrogens with one attached hydrogen (secondary N) is 2. The highest BCUT2D eigenvalue weighted by atomic mass is 35.5. The minimum absolute atomic E-state index is 0.0681. The molecule has 0 radical (unpaired) electrons. The van der Waals surface area contributed by atoms with Crippen LogP contribution in [0.2, 0.25) is 10.0 Å². The van der Waals surface area contributed by atoms with Gasteiger partial charge in [0.1, 0.15) is 0 Å². The minimum atomic E-state index is -0.227. The number of para-hydroxylation sites is 1. The molecule has 0 saturated heterocycles. The normalized spacial score (nSPS) is 10.4. The largest absolute Gasteiger partial charge is 0.376 e. The van der Waals surface area contributed by atoms with Gasteiger partial charge in [-0.1, -0.05) is 41.4 Å². The molecule has 2 amide bonds. The first-order chi connectivity index (χ1) is 14.5. The molecule has 0 unspecified atom stereocenters. The van der Waals surface area contributed by atoms with Crippen LogP contribution in [0, 0.1) is 0 Å². The van der Waals surface area contributed by atoms with Crippen LogP contribution in [0.5, 0.6) is 0 Å². The zero-order valence-corrected chi connectivity index (χ0v) is 17.9. The second kappa shape index (κ2) is 10.1. The molecule has 0 spiro atoms. The first-order valence-electron chi connectivity index (χ1n) is 9.43. The molecule has 0 bridgehead atoms. The van der Waals surface area contributed by atoms with Gasteiger partial charge in [-0.15, -0.1) is 0 Å². The third kappa shape index (κ3) is 5.53. The van der Waals surface area contributed by atoms with Crippen molar-refractivity contribution in [3.8, 4) is 0 Å². The van der Waals surface area contributed by atoms with Crippen molar-refractivity contribution in [3.63, 3.8) is 0 Å². The Morgan fingerprint density at radius 3 is 2.17 bits per heavy atom. The van der Waals surface area contributed by atoms with Crippen molar-refractivity contribution in [2.75, 3.05) is 28.6 Å². The zero-order chi connectivity index (χ0) is 21.5. The highest BCUT2D eigenvalue weighted by Gasteiger charge is 2.15. The second-order valence-corrected chi connectivity index (χ2v) is 7.31. The fourth-order valence-corrected chi connectivity index (χ4v) is 3.20. The van der Waals surface area contributed by atoms with Gasteiger partial charge in [0, 0.05) is 29.2 Å². The number of benzene rings is 3. The minimum Gasteiger partial charge on any atom is -0.376 e. The number of nitrogens with zero attached hydrogens (tertiary/aromatic N) is 1. The Morgan fingerprint density at radius 1 is 0.867 bits per heavy atom. The Balaban J connectivity index is 1.58. The monoisotopic (exact) mass is 441 g/mol. The summed E-state index contributed by atoms with van der Waals surface area (Å²) in [6.45, 7) is 2.57. The van der Waals surface area contributed by atoms with E-state index in [1.807, 2.05) is 37.3 Å². The van der Waals surface area contributed by atoms with Crippen LogP contribution in [-0.2, 0) is 4.79 Å². The van der Waals surface area contributed by atoms with Crippen LogP contribution in [0.25, 0.3) is 0 Å². The van der Waals surface area contributed by atoms with E-state index in [-0.39, 0.29) is 18.4 Å². The van der Waals surface area contributed by atoms with Gasteiger partial charge in [0.2, 0.25) is 5.91 Å². The van der Waals surface area contributed by atoms with Crippen LogP contribution in [-0.4, -0.2) is 24.9 Å². The second-order valence-electron chi connectivity index (χ2n) is 6.49. The lowest BCUT2D eigenvalue weighted by atomic mass is 10.1. The van der Waals surface area contributed by atoms with Crippen molar-refractivity contribution >= 4 is 52.1 Å². The molecule has 0 atom stereocenters. The average Bonchev–Trinajstić information content (AvgIpc) is 2.76. The number of halogens is 2. The van der Waals surface area contributed by atoms with Crippen molar-refractivity contribution in [2.45, 2.75) is 6.92 Å². The van der Waals surface area contributed by atoms with E-state index in [0.717, 1.165) is 11.4 Å². The lowest BCUT2D eigenvalue weighted by Gasteiger charge is -2.21. The average molecular weight is 442 g/mol. The molecule has 0 fully saturated rings. The van der Waals surface area contributed by atoms with E-state index in [0.29, 0.717) is 27.8 Å². The molecule has 30 heavy (non-hydrogen) atoms. The van der Waals surface area contributed by atoms with E-state index < -0.39 is 0 Å². The van der Waals surface area contributed by atoms with Gasteiger partial charge < -0.3 is 15.5 Å². The molecule has 0 aliphatic carbocycles. The predicted octanol–water partition coefficient (Wildman–Crippen LogP) is 5.71.